The molecule has 0 N–H and O–H groups in total. The van der Waals surface area contributed by atoms with E-state index in [1.54, 1.807) is 54.6 Å². The van der Waals surface area contributed by atoms with Crippen LogP contribution in [0.2, 0.25) is 0 Å². The largest absolute Gasteiger partial charge is 0.467 e. The monoisotopic (exact) mass is 429 g/mol. The number of benzene rings is 2. The van der Waals surface area contributed by atoms with Gasteiger partial charge in [-0.1, -0.05) is 42.5 Å². The number of hydrogen-bond acceptors (Lipinski definition) is 4. The zero-order valence-electron chi connectivity index (χ0n) is 17.7. The molecule has 7 nitrogen and oxygen atoms in total. The van der Waals surface area contributed by atoms with Crippen LogP contribution in [0.5, 0.6) is 0 Å². The van der Waals surface area contributed by atoms with E-state index in [-0.39, 0.29) is 43.7 Å². The van der Waals surface area contributed by atoms with E-state index in [4.69, 9.17) is 4.42 Å². The molecule has 162 valence electrons. The highest BCUT2D eigenvalue weighted by molar-refractivity contribution is 6.16. The van der Waals surface area contributed by atoms with E-state index in [1.807, 2.05) is 30.3 Å². The summed E-state index contributed by atoms with van der Waals surface area (Å²) in [6.07, 6.45) is 1.98. The molecule has 1 fully saturated rings. The molecular formula is C25H23N3O4. The van der Waals surface area contributed by atoms with Crippen LogP contribution in [0, 0.1) is 0 Å². The van der Waals surface area contributed by atoms with Crippen LogP contribution in [-0.2, 0) is 22.7 Å². The van der Waals surface area contributed by atoms with Crippen LogP contribution in [0.15, 0.2) is 77.4 Å². The van der Waals surface area contributed by atoms with Crippen LogP contribution in [0.25, 0.3) is 0 Å². The van der Waals surface area contributed by atoms with E-state index in [1.165, 1.54) is 9.80 Å². The van der Waals surface area contributed by atoms with E-state index < -0.39 is 5.66 Å². The second kappa shape index (κ2) is 7.67. The van der Waals surface area contributed by atoms with Gasteiger partial charge >= 0.3 is 0 Å². The molecule has 0 spiro atoms. The summed E-state index contributed by atoms with van der Waals surface area (Å²) >= 11 is 0. The lowest BCUT2D eigenvalue weighted by Gasteiger charge is -2.50. The Morgan fingerprint density at radius 2 is 1.78 bits per heavy atom. The minimum absolute atomic E-state index is 0.164. The SMILES string of the molecule is CN(Cc1ccco1)C(=O)C12CCC(=O)N1c1ccccc1C(=O)N2Cc1ccccc1. The lowest BCUT2D eigenvalue weighted by Crippen LogP contribution is -2.70. The second-order valence-electron chi connectivity index (χ2n) is 8.18. The lowest BCUT2D eigenvalue weighted by atomic mass is 9.94. The number of fused-ring (bicyclic) bond motifs is 3. The molecule has 32 heavy (non-hydrogen) atoms. The Labute approximate surface area is 185 Å². The topological polar surface area (TPSA) is 74.1 Å². The zero-order chi connectivity index (χ0) is 22.3. The van der Waals surface area contributed by atoms with Gasteiger partial charge < -0.3 is 14.2 Å². The number of para-hydroxylation sites is 1. The summed E-state index contributed by atoms with van der Waals surface area (Å²) in [6.45, 7) is 0.461. The summed E-state index contributed by atoms with van der Waals surface area (Å²) in [6, 6.07) is 20.1. The van der Waals surface area contributed by atoms with Gasteiger partial charge in [-0.25, -0.2) is 0 Å². The first-order valence-corrected chi connectivity index (χ1v) is 10.6. The average Bonchev–Trinajstić information content (AvgIpc) is 3.45. The molecule has 1 aromatic heterocycles. The van der Waals surface area contributed by atoms with E-state index in [0.29, 0.717) is 17.0 Å². The summed E-state index contributed by atoms with van der Waals surface area (Å²) in [5.41, 5.74) is 0.389. The maximum Gasteiger partial charge on any atom is 0.270 e. The number of carbonyl (C=O) groups excluding carboxylic acids is 3. The number of rotatable bonds is 5. The third kappa shape index (κ3) is 3.00. The molecule has 2 aliphatic heterocycles. The zero-order valence-corrected chi connectivity index (χ0v) is 17.7. The fourth-order valence-electron chi connectivity index (χ4n) is 4.76. The highest BCUT2D eigenvalue weighted by Crippen LogP contribution is 2.46. The lowest BCUT2D eigenvalue weighted by molar-refractivity contribution is -0.143. The van der Waals surface area contributed by atoms with Crippen molar-refractivity contribution < 1.29 is 18.8 Å². The van der Waals surface area contributed by atoms with Gasteiger partial charge in [0, 0.05) is 26.4 Å². The number of hydrogen-bond donors (Lipinski definition) is 0. The smallest absolute Gasteiger partial charge is 0.270 e. The van der Waals surface area contributed by atoms with E-state index in [0.717, 1.165) is 5.56 Å². The van der Waals surface area contributed by atoms with Gasteiger partial charge in [0.05, 0.1) is 24.1 Å². The number of carbonyl (C=O) groups is 3. The molecule has 0 bridgehead atoms. The van der Waals surface area contributed by atoms with Crippen LogP contribution >= 0.6 is 0 Å². The Kier molecular flexibility index (Phi) is 4.81. The van der Waals surface area contributed by atoms with Gasteiger partial charge in [-0.3, -0.25) is 19.3 Å². The molecule has 3 amide bonds. The maximum atomic E-state index is 14.0. The van der Waals surface area contributed by atoms with Crippen LogP contribution in [-0.4, -0.2) is 40.2 Å². The Hall–Kier alpha value is -3.87. The Morgan fingerprint density at radius 3 is 2.53 bits per heavy atom. The molecule has 1 atom stereocenters. The summed E-state index contributed by atoms with van der Waals surface area (Å²) in [7, 11) is 1.67. The van der Waals surface area contributed by atoms with Gasteiger partial charge in [0.25, 0.3) is 11.8 Å². The molecule has 7 heteroatoms. The Bertz CT molecular complexity index is 1170. The first kappa shape index (κ1) is 20.1. The van der Waals surface area contributed by atoms with Crippen molar-refractivity contribution in [2.45, 2.75) is 31.6 Å². The fraction of sp³-hybridized carbons (Fsp3) is 0.240. The Morgan fingerprint density at radius 1 is 1.03 bits per heavy atom. The van der Waals surface area contributed by atoms with Gasteiger partial charge in [-0.15, -0.1) is 0 Å². The molecule has 1 saturated heterocycles. The number of amides is 3. The Balaban J connectivity index is 1.63. The van der Waals surface area contributed by atoms with Gasteiger partial charge in [0.1, 0.15) is 5.76 Å². The van der Waals surface area contributed by atoms with Crippen molar-refractivity contribution >= 4 is 23.4 Å². The minimum Gasteiger partial charge on any atom is -0.467 e. The predicted molar refractivity (Wildman–Crippen MR) is 117 cm³/mol. The number of nitrogens with zero attached hydrogens (tertiary/aromatic N) is 3. The number of furan rings is 1. The third-order valence-electron chi connectivity index (χ3n) is 6.22. The summed E-state index contributed by atoms with van der Waals surface area (Å²) in [5.74, 6) is -0.0956. The van der Waals surface area contributed by atoms with Crippen molar-refractivity contribution in [3.05, 3.63) is 89.9 Å². The van der Waals surface area contributed by atoms with Gasteiger partial charge in [-0.2, -0.15) is 0 Å². The predicted octanol–water partition coefficient (Wildman–Crippen LogP) is 3.42. The molecule has 0 radical (unpaired) electrons. The highest BCUT2D eigenvalue weighted by atomic mass is 16.3. The van der Waals surface area contributed by atoms with E-state index in [9.17, 15) is 14.4 Å². The standard InChI is InChI=1S/C25H23N3O4/c1-26(17-19-10-7-15-32-19)24(31)25-14-13-22(29)28(25)21-12-6-5-11-20(21)23(30)27(25)16-18-8-3-2-4-9-18/h2-12,15H,13-14,16-17H2,1H3. The molecule has 0 saturated carbocycles. The molecule has 2 aliphatic rings. The summed E-state index contributed by atoms with van der Waals surface area (Å²) in [5, 5.41) is 0. The van der Waals surface area contributed by atoms with Crippen molar-refractivity contribution in [3.63, 3.8) is 0 Å². The van der Waals surface area contributed by atoms with Crippen molar-refractivity contribution in [1.82, 2.24) is 9.80 Å². The van der Waals surface area contributed by atoms with Crippen molar-refractivity contribution in [2.24, 2.45) is 0 Å². The molecule has 3 aromatic rings. The van der Waals surface area contributed by atoms with Crippen molar-refractivity contribution in [1.29, 1.82) is 0 Å². The summed E-state index contributed by atoms with van der Waals surface area (Å²) in [4.78, 5) is 45.5. The fourth-order valence-corrected chi connectivity index (χ4v) is 4.76. The van der Waals surface area contributed by atoms with E-state index in [2.05, 4.69) is 0 Å². The van der Waals surface area contributed by atoms with Crippen LogP contribution < -0.4 is 4.90 Å². The quantitative estimate of drug-likeness (QED) is 0.623. The van der Waals surface area contributed by atoms with E-state index >= 15 is 0 Å². The first-order valence-electron chi connectivity index (χ1n) is 10.6. The summed E-state index contributed by atoms with van der Waals surface area (Å²) < 4.78 is 5.42. The number of likely N-dealkylation sites (N-methyl/N-ethyl adjacent to an activating group) is 1. The molecular weight excluding hydrogens is 406 g/mol. The average molecular weight is 429 g/mol. The van der Waals surface area contributed by atoms with Crippen LogP contribution in [0.3, 0.4) is 0 Å². The number of anilines is 1. The second-order valence-corrected chi connectivity index (χ2v) is 8.18. The molecule has 5 rings (SSSR count). The van der Waals surface area contributed by atoms with Crippen LogP contribution in [0.1, 0.15) is 34.5 Å². The molecule has 0 aliphatic carbocycles. The molecule has 3 heterocycles. The minimum atomic E-state index is -1.42. The van der Waals surface area contributed by atoms with Crippen LogP contribution in [0.4, 0.5) is 5.69 Å². The van der Waals surface area contributed by atoms with Gasteiger partial charge in [0.2, 0.25) is 11.6 Å². The van der Waals surface area contributed by atoms with Crippen molar-refractivity contribution in [3.8, 4) is 0 Å². The third-order valence-corrected chi connectivity index (χ3v) is 6.22. The highest BCUT2D eigenvalue weighted by Gasteiger charge is 2.61. The normalized spacial score (nSPS) is 19.7. The van der Waals surface area contributed by atoms with Gasteiger partial charge in [0.15, 0.2) is 0 Å². The first-order chi connectivity index (χ1) is 15.5. The van der Waals surface area contributed by atoms with Gasteiger partial charge in [-0.05, 0) is 29.8 Å². The molecule has 2 aromatic carbocycles. The van der Waals surface area contributed by atoms with Crippen molar-refractivity contribution in [2.75, 3.05) is 11.9 Å². The maximum absolute atomic E-state index is 14.0. The molecule has 1 unspecified atom stereocenters.